The number of carbonyl (C=O) groups excluding carboxylic acids is 1. The Morgan fingerprint density at radius 2 is 2.07 bits per heavy atom. The molecule has 7 heteroatoms. The smallest absolute Gasteiger partial charge is 0.266 e. The Kier molecular flexibility index (Phi) is 8.04. The second kappa shape index (κ2) is 11.2. The van der Waals surface area contributed by atoms with Crippen LogP contribution in [0.2, 0.25) is 0 Å². The van der Waals surface area contributed by atoms with Crippen LogP contribution in [0.3, 0.4) is 0 Å². The van der Waals surface area contributed by atoms with Gasteiger partial charge in [-0.1, -0.05) is 43.7 Å². The van der Waals surface area contributed by atoms with E-state index in [4.69, 9.17) is 4.74 Å². The third kappa shape index (κ3) is 5.71. The maximum absolute atomic E-state index is 13.0. The fraction of sp³-hybridized carbons (Fsp3) is 0.435. The summed E-state index contributed by atoms with van der Waals surface area (Å²) in [5.74, 6) is -0.236. The molecular weight excluding hydrogens is 378 g/mol. The molecule has 2 aromatic rings. The number of hydrogen-bond acceptors (Lipinski definition) is 5. The SMILES string of the molecule is CCC(NC(=O)/C(C#N)=C(\OCCN1CCCCC1)c1c[nH]cn1)c1ccccc1. The van der Waals surface area contributed by atoms with Crippen LogP contribution in [-0.4, -0.2) is 47.0 Å². The number of amides is 1. The van der Waals surface area contributed by atoms with Crippen LogP contribution in [0.4, 0.5) is 0 Å². The molecule has 0 aliphatic carbocycles. The summed E-state index contributed by atoms with van der Waals surface area (Å²) >= 11 is 0. The summed E-state index contributed by atoms with van der Waals surface area (Å²) in [6, 6.07) is 11.6. The third-order valence-electron chi connectivity index (χ3n) is 5.31. The van der Waals surface area contributed by atoms with Crippen molar-refractivity contribution < 1.29 is 9.53 Å². The largest absolute Gasteiger partial charge is 0.488 e. The first-order chi connectivity index (χ1) is 14.7. The fourth-order valence-corrected chi connectivity index (χ4v) is 3.66. The molecule has 1 aromatic heterocycles. The van der Waals surface area contributed by atoms with E-state index in [-0.39, 0.29) is 17.4 Å². The molecule has 0 bridgehead atoms. The van der Waals surface area contributed by atoms with E-state index in [1.165, 1.54) is 25.6 Å². The van der Waals surface area contributed by atoms with Gasteiger partial charge < -0.3 is 15.0 Å². The first kappa shape index (κ1) is 21.6. The van der Waals surface area contributed by atoms with E-state index in [0.29, 0.717) is 18.7 Å². The number of H-pyrrole nitrogens is 1. The fourth-order valence-electron chi connectivity index (χ4n) is 3.66. The number of rotatable bonds is 9. The van der Waals surface area contributed by atoms with Crippen LogP contribution in [-0.2, 0) is 9.53 Å². The lowest BCUT2D eigenvalue weighted by atomic mass is 10.0. The molecule has 1 aliphatic heterocycles. The number of imidazole rings is 1. The Labute approximate surface area is 177 Å². The Morgan fingerprint density at radius 3 is 2.70 bits per heavy atom. The van der Waals surface area contributed by atoms with Gasteiger partial charge in [-0.2, -0.15) is 5.26 Å². The minimum Gasteiger partial charge on any atom is -0.488 e. The van der Waals surface area contributed by atoms with Gasteiger partial charge in [-0.05, 0) is 37.9 Å². The topological polar surface area (TPSA) is 94.0 Å². The van der Waals surface area contributed by atoms with Crippen molar-refractivity contribution in [2.45, 2.75) is 38.6 Å². The van der Waals surface area contributed by atoms with Gasteiger partial charge in [0.2, 0.25) is 0 Å². The Balaban J connectivity index is 1.75. The molecule has 1 unspecified atom stereocenters. The van der Waals surface area contributed by atoms with E-state index in [1.807, 2.05) is 43.3 Å². The molecule has 30 heavy (non-hydrogen) atoms. The zero-order valence-corrected chi connectivity index (χ0v) is 17.4. The number of aromatic amines is 1. The van der Waals surface area contributed by atoms with Gasteiger partial charge >= 0.3 is 0 Å². The van der Waals surface area contributed by atoms with Gasteiger partial charge in [-0.15, -0.1) is 0 Å². The third-order valence-corrected chi connectivity index (χ3v) is 5.31. The van der Waals surface area contributed by atoms with Crippen molar-refractivity contribution in [2.75, 3.05) is 26.2 Å². The molecule has 0 radical (unpaired) electrons. The summed E-state index contributed by atoms with van der Waals surface area (Å²) in [5.41, 5.74) is 1.39. The van der Waals surface area contributed by atoms with Crippen molar-refractivity contribution in [1.29, 1.82) is 5.26 Å². The molecule has 1 aromatic carbocycles. The van der Waals surface area contributed by atoms with Gasteiger partial charge in [0.25, 0.3) is 5.91 Å². The van der Waals surface area contributed by atoms with Gasteiger partial charge in [0.05, 0.1) is 12.4 Å². The predicted molar refractivity (Wildman–Crippen MR) is 115 cm³/mol. The number of piperidine rings is 1. The second-order valence-corrected chi connectivity index (χ2v) is 7.37. The Morgan fingerprint density at radius 1 is 1.30 bits per heavy atom. The highest BCUT2D eigenvalue weighted by molar-refractivity contribution is 6.03. The standard InChI is InChI=1S/C23H29N5O2/c1-2-20(18-9-5-3-6-10-18)27-23(29)19(15-24)22(21-16-25-17-26-21)30-14-13-28-11-7-4-8-12-28/h3,5-6,9-10,16-17,20H,2,4,7-8,11-14H2,1H3,(H,25,26)(H,27,29)/b22-19-. The lowest BCUT2D eigenvalue weighted by Gasteiger charge is -2.26. The van der Waals surface area contributed by atoms with Crippen LogP contribution in [0.25, 0.3) is 5.76 Å². The maximum Gasteiger partial charge on any atom is 0.266 e. The van der Waals surface area contributed by atoms with E-state index in [0.717, 1.165) is 25.2 Å². The molecule has 1 aliphatic rings. The van der Waals surface area contributed by atoms with Gasteiger partial charge in [0, 0.05) is 12.7 Å². The molecule has 3 rings (SSSR count). The van der Waals surface area contributed by atoms with Gasteiger partial charge in [-0.25, -0.2) is 4.98 Å². The van der Waals surface area contributed by atoms with E-state index in [9.17, 15) is 10.1 Å². The minimum absolute atomic E-state index is 0.0601. The summed E-state index contributed by atoms with van der Waals surface area (Å²) in [4.78, 5) is 22.4. The summed E-state index contributed by atoms with van der Waals surface area (Å²) in [6.07, 6.45) is 7.53. The normalized spacial score (nSPS) is 16.3. The highest BCUT2D eigenvalue weighted by Gasteiger charge is 2.23. The van der Waals surface area contributed by atoms with Crippen molar-refractivity contribution in [3.05, 3.63) is 59.7 Å². The molecule has 1 fully saturated rings. The number of nitriles is 1. The molecular formula is C23H29N5O2. The Hall–Kier alpha value is -3.11. The van der Waals surface area contributed by atoms with Gasteiger partial charge in [0.15, 0.2) is 11.3 Å². The van der Waals surface area contributed by atoms with E-state index in [2.05, 4.69) is 20.2 Å². The second-order valence-electron chi connectivity index (χ2n) is 7.37. The van der Waals surface area contributed by atoms with Crippen molar-refractivity contribution in [1.82, 2.24) is 20.2 Å². The molecule has 2 heterocycles. The molecule has 0 spiro atoms. The first-order valence-electron chi connectivity index (χ1n) is 10.6. The molecule has 2 N–H and O–H groups in total. The van der Waals surface area contributed by atoms with E-state index < -0.39 is 5.91 Å². The molecule has 1 atom stereocenters. The first-order valence-corrected chi connectivity index (χ1v) is 10.6. The highest BCUT2D eigenvalue weighted by Crippen LogP contribution is 2.21. The number of benzene rings is 1. The van der Waals surface area contributed by atoms with Crippen molar-refractivity contribution in [3.63, 3.8) is 0 Å². The average Bonchev–Trinajstić information content (AvgIpc) is 3.33. The van der Waals surface area contributed by atoms with E-state index >= 15 is 0 Å². The van der Waals surface area contributed by atoms with Crippen molar-refractivity contribution in [3.8, 4) is 6.07 Å². The summed E-state index contributed by atoms with van der Waals surface area (Å²) in [7, 11) is 0. The molecule has 1 saturated heterocycles. The molecule has 0 saturated carbocycles. The number of nitrogens with zero attached hydrogens (tertiary/aromatic N) is 3. The summed E-state index contributed by atoms with van der Waals surface area (Å²) < 4.78 is 5.96. The minimum atomic E-state index is -0.454. The number of carbonyl (C=O) groups is 1. The molecule has 158 valence electrons. The van der Waals surface area contributed by atoms with Gasteiger partial charge in [-0.3, -0.25) is 9.69 Å². The molecule has 1 amide bonds. The number of likely N-dealkylation sites (tertiary alicyclic amines) is 1. The Bertz CT molecular complexity index is 865. The predicted octanol–water partition coefficient (Wildman–Crippen LogP) is 3.41. The van der Waals surface area contributed by atoms with Gasteiger partial charge in [0.1, 0.15) is 18.4 Å². The van der Waals surface area contributed by atoms with E-state index in [1.54, 1.807) is 6.20 Å². The van der Waals surface area contributed by atoms with Crippen molar-refractivity contribution in [2.24, 2.45) is 0 Å². The summed E-state index contributed by atoms with van der Waals surface area (Å²) in [5, 5.41) is 12.7. The average molecular weight is 408 g/mol. The lowest BCUT2D eigenvalue weighted by molar-refractivity contribution is -0.117. The zero-order valence-electron chi connectivity index (χ0n) is 17.4. The lowest BCUT2D eigenvalue weighted by Crippen LogP contribution is -2.33. The number of hydrogen-bond donors (Lipinski definition) is 2. The van der Waals surface area contributed by atoms with Crippen LogP contribution in [0.15, 0.2) is 48.4 Å². The van der Waals surface area contributed by atoms with Crippen LogP contribution in [0.1, 0.15) is 49.9 Å². The number of ether oxygens (including phenoxy) is 1. The van der Waals surface area contributed by atoms with Crippen molar-refractivity contribution >= 4 is 11.7 Å². The maximum atomic E-state index is 13.0. The molecule has 7 nitrogen and oxygen atoms in total. The number of aromatic nitrogens is 2. The monoisotopic (exact) mass is 407 g/mol. The quantitative estimate of drug-likeness (QED) is 0.377. The highest BCUT2D eigenvalue weighted by atomic mass is 16.5. The summed E-state index contributed by atoms with van der Waals surface area (Å²) in [6.45, 7) is 5.28. The zero-order chi connectivity index (χ0) is 21.2. The number of nitrogens with one attached hydrogen (secondary N) is 2. The van der Waals surface area contributed by atoms with Crippen LogP contribution in [0.5, 0.6) is 0 Å². The van der Waals surface area contributed by atoms with Crippen LogP contribution in [0, 0.1) is 11.3 Å². The van der Waals surface area contributed by atoms with Crippen LogP contribution >= 0.6 is 0 Å². The van der Waals surface area contributed by atoms with Crippen LogP contribution < -0.4 is 5.32 Å².